The van der Waals surface area contributed by atoms with Crippen molar-refractivity contribution in [1.29, 1.82) is 0 Å². The van der Waals surface area contributed by atoms with Crippen molar-refractivity contribution in [3.63, 3.8) is 0 Å². The number of carbonyl (C=O) groups is 1. The normalized spacial score (nSPS) is 19.7. The minimum absolute atomic E-state index is 0.0550. The van der Waals surface area contributed by atoms with Crippen LogP contribution >= 0.6 is 0 Å². The number of hydrogen-bond donors (Lipinski definition) is 1. The molecule has 1 saturated carbocycles. The number of carbonyl (C=O) groups excluding carboxylic acids is 1. The van der Waals surface area contributed by atoms with Crippen LogP contribution in [0.2, 0.25) is 0 Å². The molecular weight excluding hydrogens is 408 g/mol. The Morgan fingerprint density at radius 2 is 2.10 bits per heavy atom. The van der Waals surface area contributed by atoms with Crippen LogP contribution in [0.15, 0.2) is 22.6 Å². The Morgan fingerprint density at radius 1 is 1.32 bits per heavy atom. The van der Waals surface area contributed by atoms with E-state index >= 15 is 0 Å². The Labute approximate surface area is 179 Å². The molecule has 1 aliphatic carbocycles. The number of rotatable bonds is 8. The van der Waals surface area contributed by atoms with Crippen LogP contribution in [0.25, 0.3) is 11.5 Å². The van der Waals surface area contributed by atoms with Crippen LogP contribution in [0.1, 0.15) is 61.8 Å². The highest BCUT2D eigenvalue weighted by Crippen LogP contribution is 2.37. The van der Waals surface area contributed by atoms with Crippen LogP contribution in [-0.4, -0.2) is 41.6 Å². The molecule has 2 fully saturated rings. The molecule has 2 atom stereocenters. The SMILES string of the molecule is CC1CCCN1C(=O)c1nc(-c2ccc(OC(F)F)c(OCC3CC3)c2)oc1[C@H](C)N. The third-order valence-electron chi connectivity index (χ3n) is 5.66. The van der Waals surface area contributed by atoms with Crippen molar-refractivity contribution in [1.82, 2.24) is 9.88 Å². The molecular formula is C22H27F2N3O4. The summed E-state index contributed by atoms with van der Waals surface area (Å²) in [5, 5.41) is 0. The van der Waals surface area contributed by atoms with Gasteiger partial charge in [-0.25, -0.2) is 4.98 Å². The number of nitrogens with two attached hydrogens (primary N) is 1. The Balaban J connectivity index is 1.66. The van der Waals surface area contributed by atoms with Gasteiger partial charge in [-0.05, 0) is 63.6 Å². The topological polar surface area (TPSA) is 90.8 Å². The summed E-state index contributed by atoms with van der Waals surface area (Å²) < 4.78 is 41.7. The van der Waals surface area contributed by atoms with E-state index in [2.05, 4.69) is 9.72 Å². The van der Waals surface area contributed by atoms with Crippen molar-refractivity contribution in [2.75, 3.05) is 13.2 Å². The smallest absolute Gasteiger partial charge is 0.387 e. The summed E-state index contributed by atoms with van der Waals surface area (Å²) in [5.41, 5.74) is 6.72. The molecule has 0 spiro atoms. The number of benzene rings is 1. The lowest BCUT2D eigenvalue weighted by Gasteiger charge is -2.20. The molecule has 1 aliphatic heterocycles. The monoisotopic (exact) mass is 435 g/mol. The fourth-order valence-corrected chi connectivity index (χ4v) is 3.73. The second kappa shape index (κ2) is 8.82. The first kappa shape index (κ1) is 21.5. The number of oxazole rings is 1. The summed E-state index contributed by atoms with van der Waals surface area (Å²) in [7, 11) is 0. The Bertz CT molecular complexity index is 943. The molecule has 168 valence electrons. The van der Waals surface area contributed by atoms with Gasteiger partial charge in [-0.2, -0.15) is 8.78 Å². The summed E-state index contributed by atoms with van der Waals surface area (Å²) in [4.78, 5) is 19.3. The van der Waals surface area contributed by atoms with E-state index in [1.165, 1.54) is 6.07 Å². The van der Waals surface area contributed by atoms with E-state index in [1.807, 2.05) is 6.92 Å². The first-order valence-corrected chi connectivity index (χ1v) is 10.6. The molecule has 1 aromatic heterocycles. The highest BCUT2D eigenvalue weighted by Gasteiger charge is 2.32. The molecule has 1 aromatic carbocycles. The van der Waals surface area contributed by atoms with Crippen LogP contribution in [0.5, 0.6) is 11.5 Å². The zero-order valence-electron chi connectivity index (χ0n) is 17.6. The van der Waals surface area contributed by atoms with Crippen molar-refractivity contribution in [2.45, 2.75) is 58.2 Å². The minimum Gasteiger partial charge on any atom is -0.489 e. The first-order chi connectivity index (χ1) is 14.8. The van der Waals surface area contributed by atoms with E-state index in [9.17, 15) is 13.6 Å². The average Bonchev–Trinajstić information content (AvgIpc) is 3.27. The van der Waals surface area contributed by atoms with E-state index in [0.29, 0.717) is 30.4 Å². The number of aromatic nitrogens is 1. The Kier molecular flexibility index (Phi) is 6.13. The maximum absolute atomic E-state index is 13.1. The first-order valence-electron chi connectivity index (χ1n) is 10.6. The Morgan fingerprint density at radius 3 is 2.71 bits per heavy atom. The number of alkyl halides is 2. The lowest BCUT2D eigenvalue weighted by molar-refractivity contribution is -0.0515. The van der Waals surface area contributed by atoms with Crippen molar-refractivity contribution >= 4 is 5.91 Å². The number of nitrogens with zero attached hydrogens (tertiary/aromatic N) is 2. The highest BCUT2D eigenvalue weighted by molar-refractivity contribution is 5.94. The van der Waals surface area contributed by atoms with Crippen LogP contribution in [0.3, 0.4) is 0 Å². The number of amides is 1. The predicted octanol–water partition coefficient (Wildman–Crippen LogP) is 4.38. The Hall–Kier alpha value is -2.68. The lowest BCUT2D eigenvalue weighted by Crippen LogP contribution is -2.34. The van der Waals surface area contributed by atoms with Gasteiger partial charge in [0.05, 0.1) is 12.6 Å². The molecule has 2 heterocycles. The summed E-state index contributed by atoms with van der Waals surface area (Å²) >= 11 is 0. The number of ether oxygens (including phenoxy) is 2. The van der Waals surface area contributed by atoms with E-state index in [0.717, 1.165) is 25.7 Å². The maximum atomic E-state index is 13.1. The molecule has 2 N–H and O–H groups in total. The third kappa shape index (κ3) is 4.81. The second-order valence-electron chi connectivity index (χ2n) is 8.30. The fraction of sp³-hybridized carbons (Fsp3) is 0.545. The van der Waals surface area contributed by atoms with Gasteiger partial charge in [0, 0.05) is 18.2 Å². The van der Waals surface area contributed by atoms with Crippen LogP contribution < -0.4 is 15.2 Å². The summed E-state index contributed by atoms with van der Waals surface area (Å²) in [6.45, 7) is 1.85. The molecule has 31 heavy (non-hydrogen) atoms. The van der Waals surface area contributed by atoms with Gasteiger partial charge in [-0.1, -0.05) is 0 Å². The molecule has 1 saturated heterocycles. The third-order valence-corrected chi connectivity index (χ3v) is 5.66. The fourth-order valence-electron chi connectivity index (χ4n) is 3.73. The van der Waals surface area contributed by atoms with E-state index in [1.54, 1.807) is 24.0 Å². The largest absolute Gasteiger partial charge is 0.489 e. The molecule has 2 aliphatic rings. The predicted molar refractivity (Wildman–Crippen MR) is 109 cm³/mol. The van der Waals surface area contributed by atoms with Crippen LogP contribution in [0, 0.1) is 5.92 Å². The molecule has 7 nitrogen and oxygen atoms in total. The molecule has 4 rings (SSSR count). The van der Waals surface area contributed by atoms with Gasteiger partial charge in [0.15, 0.2) is 23.0 Å². The minimum atomic E-state index is -2.97. The number of hydrogen-bond acceptors (Lipinski definition) is 6. The van der Waals surface area contributed by atoms with E-state index in [-0.39, 0.29) is 35.0 Å². The zero-order valence-corrected chi connectivity index (χ0v) is 17.6. The van der Waals surface area contributed by atoms with Crippen LogP contribution in [-0.2, 0) is 0 Å². The van der Waals surface area contributed by atoms with Crippen molar-refractivity contribution < 1.29 is 27.5 Å². The summed E-state index contributed by atoms with van der Waals surface area (Å²) in [6, 6.07) is 4.07. The average molecular weight is 435 g/mol. The molecule has 1 amide bonds. The molecule has 0 radical (unpaired) electrons. The molecule has 2 aromatic rings. The standard InChI is InChI=1S/C22H27F2N3O4/c1-12-4-3-9-27(12)21(28)18-19(13(2)25)31-20(26-18)15-7-8-16(30-22(23)24)17(10-15)29-11-14-5-6-14/h7-8,10,12-14,22H,3-6,9,11,25H2,1-2H3/t12?,13-/m0/s1. The number of halogens is 2. The van der Waals surface area contributed by atoms with Gasteiger partial charge in [-0.3, -0.25) is 4.79 Å². The van der Waals surface area contributed by atoms with Gasteiger partial charge in [0.2, 0.25) is 5.89 Å². The van der Waals surface area contributed by atoms with Crippen molar-refractivity contribution in [3.05, 3.63) is 29.7 Å². The van der Waals surface area contributed by atoms with Gasteiger partial charge < -0.3 is 24.5 Å². The van der Waals surface area contributed by atoms with Crippen molar-refractivity contribution in [2.24, 2.45) is 11.7 Å². The van der Waals surface area contributed by atoms with Gasteiger partial charge in [0.1, 0.15) is 0 Å². The van der Waals surface area contributed by atoms with E-state index in [4.69, 9.17) is 14.9 Å². The second-order valence-corrected chi connectivity index (χ2v) is 8.30. The van der Waals surface area contributed by atoms with Gasteiger partial charge >= 0.3 is 6.61 Å². The molecule has 9 heteroatoms. The lowest BCUT2D eigenvalue weighted by atomic mass is 10.2. The zero-order chi connectivity index (χ0) is 22.1. The highest BCUT2D eigenvalue weighted by atomic mass is 19.3. The van der Waals surface area contributed by atoms with Crippen LogP contribution in [0.4, 0.5) is 8.78 Å². The summed E-state index contributed by atoms with van der Waals surface area (Å²) in [5.74, 6) is 0.831. The van der Waals surface area contributed by atoms with Gasteiger partial charge in [-0.15, -0.1) is 0 Å². The quantitative estimate of drug-likeness (QED) is 0.662. The van der Waals surface area contributed by atoms with E-state index < -0.39 is 12.7 Å². The number of likely N-dealkylation sites (tertiary alicyclic amines) is 1. The van der Waals surface area contributed by atoms with Crippen molar-refractivity contribution in [3.8, 4) is 23.0 Å². The molecule has 1 unspecified atom stereocenters. The molecule has 0 bridgehead atoms. The van der Waals surface area contributed by atoms with Gasteiger partial charge in [0.25, 0.3) is 5.91 Å². The summed E-state index contributed by atoms with van der Waals surface area (Å²) in [6.07, 6.45) is 4.00. The maximum Gasteiger partial charge on any atom is 0.387 e.